The van der Waals surface area contributed by atoms with Gasteiger partial charge in [0.15, 0.2) is 0 Å². The molecule has 0 heterocycles. The van der Waals surface area contributed by atoms with Crippen molar-refractivity contribution in [2.45, 2.75) is 0 Å². The molecule has 0 aliphatic heterocycles. The minimum absolute atomic E-state index is 0. The zero-order valence-electron chi connectivity index (χ0n) is 8.44. The zero-order valence-corrected chi connectivity index (χ0v) is 11.2. The Bertz CT molecular complexity index is 422. The van der Waals surface area contributed by atoms with Crippen LogP contribution in [-0.4, -0.2) is 34.7 Å². The fourth-order valence-electron chi connectivity index (χ4n) is 1.40. The van der Waals surface area contributed by atoms with Crippen molar-refractivity contribution in [1.29, 1.82) is 0 Å². The predicted molar refractivity (Wildman–Crippen MR) is 64.3 cm³/mol. The van der Waals surface area contributed by atoms with E-state index in [1.54, 1.807) is 18.2 Å². The van der Waals surface area contributed by atoms with Crippen LogP contribution in [0, 0.1) is 0 Å². The zero-order chi connectivity index (χ0) is 9.97. The minimum Gasteiger partial charge on any atom is -0.507 e. The quantitative estimate of drug-likeness (QED) is 0.741. The average Bonchev–Trinajstić information content (AvgIpc) is 2.19. The van der Waals surface area contributed by atoms with Crippen molar-refractivity contribution in [3.8, 4) is 16.9 Å². The molecule has 0 aliphatic rings. The first kappa shape index (κ1) is 12.6. The molecule has 0 amide bonds. The van der Waals surface area contributed by atoms with E-state index in [2.05, 4.69) is 0 Å². The number of phenols is 1. The van der Waals surface area contributed by atoms with Gasteiger partial charge in [0.25, 0.3) is 0 Å². The molecule has 3 heteroatoms. The van der Waals surface area contributed by atoms with Crippen LogP contribution in [0.4, 0.5) is 0 Å². The summed E-state index contributed by atoms with van der Waals surface area (Å²) in [5.74, 6) is 0.212. The van der Waals surface area contributed by atoms with Gasteiger partial charge in [-0.2, -0.15) is 0 Å². The molecule has 71 valence electrons. The second-order valence-electron chi connectivity index (χ2n) is 3.00. The van der Waals surface area contributed by atoms with Gasteiger partial charge in [-0.3, -0.25) is 0 Å². The van der Waals surface area contributed by atoms with Gasteiger partial charge in [-0.1, -0.05) is 48.0 Å². The van der Waals surface area contributed by atoms with Crippen molar-refractivity contribution in [2.75, 3.05) is 0 Å². The molecule has 0 saturated heterocycles. The molecule has 0 atom stereocenters. The Hall–Kier alpha value is -0.470. The number of rotatable bonds is 1. The minimum atomic E-state index is 0. The standard InChI is InChI=1S/C12H9ClO.Na/c13-10-7-4-8-11(14)12(10)9-5-2-1-3-6-9;/h1-8,14H;. The Kier molecular flexibility index (Phi) is 4.68. The van der Waals surface area contributed by atoms with Crippen LogP contribution >= 0.6 is 11.6 Å². The molecule has 1 radical (unpaired) electrons. The maximum Gasteiger partial charge on any atom is 0.124 e. The third kappa shape index (κ3) is 2.76. The summed E-state index contributed by atoms with van der Waals surface area (Å²) < 4.78 is 0. The molecule has 0 saturated carbocycles. The second-order valence-corrected chi connectivity index (χ2v) is 3.41. The Morgan fingerprint density at radius 3 is 2.13 bits per heavy atom. The first-order valence-electron chi connectivity index (χ1n) is 4.32. The van der Waals surface area contributed by atoms with Gasteiger partial charge in [-0.25, -0.2) is 0 Å². The number of benzene rings is 2. The number of phenolic OH excluding ortho intramolecular Hbond substituents is 1. The van der Waals surface area contributed by atoms with Crippen molar-refractivity contribution < 1.29 is 5.11 Å². The van der Waals surface area contributed by atoms with E-state index in [9.17, 15) is 5.11 Å². The molecule has 1 nitrogen and oxygen atoms in total. The molecule has 1 N–H and O–H groups in total. The predicted octanol–water partition coefficient (Wildman–Crippen LogP) is 3.33. The summed E-state index contributed by atoms with van der Waals surface area (Å²) in [6.07, 6.45) is 0. The number of aromatic hydroxyl groups is 1. The Labute approximate surface area is 116 Å². The topological polar surface area (TPSA) is 20.2 Å². The molecule has 0 aromatic heterocycles. The maximum atomic E-state index is 9.66. The van der Waals surface area contributed by atoms with Gasteiger partial charge in [0, 0.05) is 35.1 Å². The van der Waals surface area contributed by atoms with Crippen molar-refractivity contribution in [1.82, 2.24) is 0 Å². The van der Waals surface area contributed by atoms with E-state index < -0.39 is 0 Å². The van der Waals surface area contributed by atoms with Crippen molar-refractivity contribution in [3.05, 3.63) is 53.6 Å². The first-order chi connectivity index (χ1) is 6.79. The summed E-state index contributed by atoms with van der Waals surface area (Å²) in [6.45, 7) is 0. The van der Waals surface area contributed by atoms with Gasteiger partial charge >= 0.3 is 0 Å². The Morgan fingerprint density at radius 1 is 0.867 bits per heavy atom. The maximum absolute atomic E-state index is 9.66. The summed E-state index contributed by atoms with van der Waals surface area (Å²) in [6, 6.07) is 14.7. The van der Waals surface area contributed by atoms with Crippen LogP contribution < -0.4 is 0 Å². The molecular formula is C12H9ClNaO. The Morgan fingerprint density at radius 2 is 1.53 bits per heavy atom. The van der Waals surface area contributed by atoms with Gasteiger partial charge in [0.1, 0.15) is 5.75 Å². The molecule has 2 aromatic carbocycles. The van der Waals surface area contributed by atoms with E-state index in [-0.39, 0.29) is 35.3 Å². The Balaban J connectivity index is 0.00000112. The molecule has 0 aliphatic carbocycles. The van der Waals surface area contributed by atoms with Gasteiger partial charge in [0.2, 0.25) is 0 Å². The number of hydrogen-bond acceptors (Lipinski definition) is 1. The molecule has 15 heavy (non-hydrogen) atoms. The van der Waals surface area contributed by atoms with Crippen LogP contribution in [0.1, 0.15) is 0 Å². The van der Waals surface area contributed by atoms with E-state index in [1.165, 1.54) is 0 Å². The second kappa shape index (κ2) is 5.57. The molecule has 0 spiro atoms. The van der Waals surface area contributed by atoms with Crippen LogP contribution in [0.5, 0.6) is 5.75 Å². The van der Waals surface area contributed by atoms with E-state index in [4.69, 9.17) is 11.6 Å². The van der Waals surface area contributed by atoms with Crippen LogP contribution in [0.2, 0.25) is 5.02 Å². The fraction of sp³-hybridized carbons (Fsp3) is 0. The summed E-state index contributed by atoms with van der Waals surface area (Å²) in [5.41, 5.74) is 1.62. The molecule has 0 fully saturated rings. The van der Waals surface area contributed by atoms with Crippen LogP contribution in [-0.2, 0) is 0 Å². The third-order valence-electron chi connectivity index (χ3n) is 2.05. The molecular weight excluding hydrogens is 219 g/mol. The summed E-state index contributed by atoms with van der Waals surface area (Å²) in [5, 5.41) is 10.2. The number of hydrogen-bond donors (Lipinski definition) is 1. The smallest absolute Gasteiger partial charge is 0.124 e. The monoisotopic (exact) mass is 227 g/mol. The molecule has 2 rings (SSSR count). The van der Waals surface area contributed by atoms with Crippen LogP contribution in [0.25, 0.3) is 11.1 Å². The molecule has 0 bridgehead atoms. The van der Waals surface area contributed by atoms with Gasteiger partial charge in [0.05, 0.1) is 5.02 Å². The van der Waals surface area contributed by atoms with Crippen molar-refractivity contribution >= 4 is 41.2 Å². The van der Waals surface area contributed by atoms with Gasteiger partial charge in [-0.05, 0) is 17.7 Å². The van der Waals surface area contributed by atoms with Gasteiger partial charge < -0.3 is 5.11 Å². The summed E-state index contributed by atoms with van der Waals surface area (Å²) in [7, 11) is 0. The van der Waals surface area contributed by atoms with Crippen molar-refractivity contribution in [3.63, 3.8) is 0 Å². The summed E-state index contributed by atoms with van der Waals surface area (Å²) in [4.78, 5) is 0. The molecule has 0 unspecified atom stereocenters. The van der Waals surface area contributed by atoms with E-state index in [0.29, 0.717) is 10.6 Å². The van der Waals surface area contributed by atoms with E-state index in [0.717, 1.165) is 5.56 Å². The van der Waals surface area contributed by atoms with E-state index in [1.807, 2.05) is 30.3 Å². The van der Waals surface area contributed by atoms with Crippen LogP contribution in [0.3, 0.4) is 0 Å². The van der Waals surface area contributed by atoms with Crippen molar-refractivity contribution in [2.24, 2.45) is 0 Å². The largest absolute Gasteiger partial charge is 0.507 e. The molecule has 2 aromatic rings. The SMILES string of the molecule is Oc1cccc(Cl)c1-c1ccccc1.[Na]. The first-order valence-corrected chi connectivity index (χ1v) is 4.70. The van der Waals surface area contributed by atoms with E-state index >= 15 is 0 Å². The van der Waals surface area contributed by atoms with Gasteiger partial charge in [-0.15, -0.1) is 0 Å². The number of halogens is 1. The van der Waals surface area contributed by atoms with Crippen LogP contribution in [0.15, 0.2) is 48.5 Å². The average molecular weight is 228 g/mol. The summed E-state index contributed by atoms with van der Waals surface area (Å²) >= 11 is 6.00. The normalized spacial score (nSPS) is 9.40. The third-order valence-corrected chi connectivity index (χ3v) is 2.37. The fourth-order valence-corrected chi connectivity index (χ4v) is 1.68.